The molecule has 0 atom stereocenters. The Morgan fingerprint density at radius 1 is 1.19 bits per heavy atom. The zero-order chi connectivity index (χ0) is 15.4. The normalized spacial score (nSPS) is 10.3. The minimum atomic E-state index is -0.967. The number of carbonyl (C=O) groups is 1. The highest BCUT2D eigenvalue weighted by molar-refractivity contribution is 7.99. The maximum atomic E-state index is 10.6. The van der Waals surface area contributed by atoms with Gasteiger partial charge < -0.3 is 10.2 Å². The number of carboxylic acid groups (broad SMARTS) is 1. The zero-order valence-electron chi connectivity index (χ0n) is 10.7. The van der Waals surface area contributed by atoms with E-state index in [1.165, 1.54) is 30.0 Å². The Morgan fingerprint density at radius 3 is 2.38 bits per heavy atom. The third kappa shape index (κ3) is 3.96. The van der Waals surface area contributed by atoms with E-state index in [4.69, 9.17) is 5.11 Å². The average Bonchev–Trinajstić information content (AvgIpc) is 2.42. The molecular formula is C14H11NO5S. The summed E-state index contributed by atoms with van der Waals surface area (Å²) in [6.07, 6.45) is -0.157. The first-order chi connectivity index (χ1) is 9.95. The van der Waals surface area contributed by atoms with Crippen LogP contribution in [-0.2, 0) is 11.2 Å². The second-order valence-electron chi connectivity index (χ2n) is 4.23. The Balaban J connectivity index is 2.15. The van der Waals surface area contributed by atoms with Gasteiger partial charge in [0.25, 0.3) is 5.69 Å². The van der Waals surface area contributed by atoms with Gasteiger partial charge in [0.2, 0.25) is 0 Å². The number of nitrogens with zero attached hydrogens (tertiary/aromatic N) is 1. The number of nitro groups is 1. The summed E-state index contributed by atoms with van der Waals surface area (Å²) < 4.78 is 0. The van der Waals surface area contributed by atoms with Crippen molar-refractivity contribution in [2.24, 2.45) is 0 Å². The van der Waals surface area contributed by atoms with Crippen molar-refractivity contribution >= 4 is 23.4 Å². The Morgan fingerprint density at radius 2 is 1.86 bits per heavy atom. The molecule has 0 fully saturated rings. The molecule has 0 amide bonds. The van der Waals surface area contributed by atoms with Crippen LogP contribution < -0.4 is 0 Å². The van der Waals surface area contributed by atoms with Crippen LogP contribution in [0.25, 0.3) is 0 Å². The highest BCUT2D eigenvalue weighted by Gasteiger charge is 2.09. The van der Waals surface area contributed by atoms with E-state index in [1.807, 2.05) is 0 Å². The standard InChI is InChI=1S/C14H11NO5S/c16-12-7-9(8-14(17)18)1-6-13(12)21-11-4-2-10(3-5-11)15(19)20/h1-7,16H,8H2,(H,17,18). The lowest BCUT2D eigenvalue weighted by atomic mass is 10.1. The SMILES string of the molecule is O=C(O)Cc1ccc(Sc2ccc([N+](=O)[O-])cc2)c(O)c1. The molecule has 0 spiro atoms. The number of aromatic hydroxyl groups is 1. The number of nitro benzene ring substituents is 1. The lowest BCUT2D eigenvalue weighted by Gasteiger charge is -2.06. The Kier molecular flexibility index (Phi) is 4.44. The van der Waals surface area contributed by atoms with Crippen LogP contribution >= 0.6 is 11.8 Å². The summed E-state index contributed by atoms with van der Waals surface area (Å²) in [5.41, 5.74) is 0.508. The average molecular weight is 305 g/mol. The van der Waals surface area contributed by atoms with Gasteiger partial charge in [-0.2, -0.15) is 0 Å². The number of carboxylic acids is 1. The van der Waals surface area contributed by atoms with Gasteiger partial charge >= 0.3 is 5.97 Å². The maximum Gasteiger partial charge on any atom is 0.307 e. The first kappa shape index (κ1) is 14.9. The smallest absolute Gasteiger partial charge is 0.307 e. The number of aliphatic carboxylic acids is 1. The van der Waals surface area contributed by atoms with Crippen molar-refractivity contribution in [1.82, 2.24) is 0 Å². The van der Waals surface area contributed by atoms with Crippen LogP contribution in [0.15, 0.2) is 52.3 Å². The highest BCUT2D eigenvalue weighted by Crippen LogP contribution is 2.35. The van der Waals surface area contributed by atoms with E-state index < -0.39 is 10.9 Å². The molecule has 21 heavy (non-hydrogen) atoms. The first-order valence-corrected chi connectivity index (χ1v) is 6.73. The van der Waals surface area contributed by atoms with Crippen LogP contribution in [0.4, 0.5) is 5.69 Å². The summed E-state index contributed by atoms with van der Waals surface area (Å²) in [4.78, 5) is 22.0. The lowest BCUT2D eigenvalue weighted by molar-refractivity contribution is -0.384. The molecule has 0 saturated carbocycles. The molecule has 0 aliphatic rings. The van der Waals surface area contributed by atoms with E-state index in [-0.39, 0.29) is 17.9 Å². The van der Waals surface area contributed by atoms with Crippen molar-refractivity contribution in [2.45, 2.75) is 16.2 Å². The van der Waals surface area contributed by atoms with Gasteiger partial charge in [0, 0.05) is 17.0 Å². The molecule has 2 aromatic rings. The van der Waals surface area contributed by atoms with Crippen molar-refractivity contribution in [3.05, 3.63) is 58.1 Å². The van der Waals surface area contributed by atoms with Gasteiger partial charge in [0.05, 0.1) is 16.2 Å². The van der Waals surface area contributed by atoms with E-state index >= 15 is 0 Å². The monoisotopic (exact) mass is 305 g/mol. The molecule has 0 aliphatic carbocycles. The Hall–Kier alpha value is -2.54. The molecule has 0 saturated heterocycles. The molecule has 0 aliphatic heterocycles. The quantitative estimate of drug-likeness (QED) is 0.650. The van der Waals surface area contributed by atoms with Gasteiger partial charge in [-0.05, 0) is 29.8 Å². The molecule has 7 heteroatoms. The van der Waals surface area contributed by atoms with E-state index in [9.17, 15) is 20.0 Å². The van der Waals surface area contributed by atoms with Crippen LogP contribution in [0.3, 0.4) is 0 Å². The summed E-state index contributed by atoms with van der Waals surface area (Å²) in [6.45, 7) is 0. The van der Waals surface area contributed by atoms with E-state index in [2.05, 4.69) is 0 Å². The first-order valence-electron chi connectivity index (χ1n) is 5.91. The van der Waals surface area contributed by atoms with Crippen molar-refractivity contribution in [2.75, 3.05) is 0 Å². The summed E-state index contributed by atoms with van der Waals surface area (Å²) >= 11 is 1.24. The van der Waals surface area contributed by atoms with Gasteiger partial charge in [-0.3, -0.25) is 14.9 Å². The number of rotatable bonds is 5. The predicted octanol–water partition coefficient (Wildman–Crippen LogP) is 3.08. The number of non-ortho nitro benzene ring substituents is 1. The summed E-state index contributed by atoms with van der Waals surface area (Å²) in [7, 11) is 0. The molecule has 108 valence electrons. The Bertz CT molecular complexity index is 684. The van der Waals surface area contributed by atoms with Crippen molar-refractivity contribution in [3.63, 3.8) is 0 Å². The van der Waals surface area contributed by atoms with Crippen LogP contribution in [0.5, 0.6) is 5.75 Å². The van der Waals surface area contributed by atoms with Crippen molar-refractivity contribution in [3.8, 4) is 5.75 Å². The molecule has 2 N–H and O–H groups in total. The maximum absolute atomic E-state index is 10.6. The fraction of sp³-hybridized carbons (Fsp3) is 0.0714. The van der Waals surface area contributed by atoms with Gasteiger partial charge in [-0.1, -0.05) is 17.8 Å². The number of hydrogen-bond acceptors (Lipinski definition) is 5. The number of phenolic OH excluding ortho intramolecular Hbond substituents is 1. The Labute approximate surface area is 124 Å². The minimum Gasteiger partial charge on any atom is -0.507 e. The summed E-state index contributed by atoms with van der Waals surface area (Å²) in [5, 5.41) is 29.1. The zero-order valence-corrected chi connectivity index (χ0v) is 11.5. The van der Waals surface area contributed by atoms with Gasteiger partial charge in [-0.15, -0.1) is 0 Å². The van der Waals surface area contributed by atoms with E-state index in [0.29, 0.717) is 10.5 Å². The van der Waals surface area contributed by atoms with Crippen LogP contribution in [-0.4, -0.2) is 21.1 Å². The van der Waals surface area contributed by atoms with Crippen molar-refractivity contribution < 1.29 is 19.9 Å². The topological polar surface area (TPSA) is 101 Å². The molecule has 0 aromatic heterocycles. The van der Waals surface area contributed by atoms with Crippen LogP contribution in [0, 0.1) is 10.1 Å². The lowest BCUT2D eigenvalue weighted by Crippen LogP contribution is -1.99. The fourth-order valence-corrected chi connectivity index (χ4v) is 2.52. The van der Waals surface area contributed by atoms with Gasteiger partial charge in [0.15, 0.2) is 0 Å². The molecule has 2 rings (SSSR count). The summed E-state index contributed by atoms with van der Waals surface area (Å²) in [6, 6.07) is 10.6. The molecular weight excluding hydrogens is 294 g/mol. The van der Waals surface area contributed by atoms with Gasteiger partial charge in [-0.25, -0.2) is 0 Å². The molecule has 0 bridgehead atoms. The molecule has 0 heterocycles. The molecule has 6 nitrogen and oxygen atoms in total. The van der Waals surface area contributed by atoms with Crippen molar-refractivity contribution in [1.29, 1.82) is 0 Å². The molecule has 0 unspecified atom stereocenters. The second kappa shape index (κ2) is 6.27. The summed E-state index contributed by atoms with van der Waals surface area (Å²) in [5.74, 6) is -0.984. The van der Waals surface area contributed by atoms with E-state index in [0.717, 1.165) is 4.90 Å². The van der Waals surface area contributed by atoms with E-state index in [1.54, 1.807) is 24.3 Å². The molecule has 0 radical (unpaired) electrons. The number of phenols is 1. The second-order valence-corrected chi connectivity index (χ2v) is 5.34. The van der Waals surface area contributed by atoms with Crippen LogP contribution in [0.1, 0.15) is 5.56 Å². The predicted molar refractivity (Wildman–Crippen MR) is 76.7 cm³/mol. The third-order valence-electron chi connectivity index (χ3n) is 2.65. The van der Waals surface area contributed by atoms with Crippen LogP contribution in [0.2, 0.25) is 0 Å². The third-order valence-corrected chi connectivity index (χ3v) is 3.73. The minimum absolute atomic E-state index is 0.000350. The largest absolute Gasteiger partial charge is 0.507 e. The number of benzene rings is 2. The highest BCUT2D eigenvalue weighted by atomic mass is 32.2. The molecule has 2 aromatic carbocycles. The fourth-order valence-electron chi connectivity index (χ4n) is 1.70. The van der Waals surface area contributed by atoms with Gasteiger partial charge in [0.1, 0.15) is 5.75 Å². The number of hydrogen-bond donors (Lipinski definition) is 2.